The first-order valence-electron chi connectivity index (χ1n) is 19.3. The molecular formula is C46H46N4O6S. The minimum Gasteiger partial charge on any atom is -0.466 e. The van der Waals surface area contributed by atoms with Crippen molar-refractivity contribution in [2.45, 2.75) is 72.4 Å². The number of para-hydroxylation sites is 2. The summed E-state index contributed by atoms with van der Waals surface area (Å²) >= 11 is 1.44. The molecule has 4 aromatic carbocycles. The van der Waals surface area contributed by atoms with E-state index in [0.29, 0.717) is 79.0 Å². The van der Waals surface area contributed by atoms with Gasteiger partial charge in [0.1, 0.15) is 22.9 Å². The van der Waals surface area contributed by atoms with Gasteiger partial charge in [0.25, 0.3) is 5.91 Å². The molecule has 0 bridgehead atoms. The highest BCUT2D eigenvalue weighted by molar-refractivity contribution is 7.22. The number of rotatable bonds is 12. The van der Waals surface area contributed by atoms with Crippen LogP contribution in [0.2, 0.25) is 0 Å². The Hall–Kier alpha value is -6.07. The summed E-state index contributed by atoms with van der Waals surface area (Å²) < 4.78 is 18.6. The normalized spacial score (nSPS) is 12.5. The van der Waals surface area contributed by atoms with E-state index >= 15 is 0 Å². The van der Waals surface area contributed by atoms with Crippen molar-refractivity contribution in [2.75, 3.05) is 23.4 Å². The van der Waals surface area contributed by atoms with Crippen LogP contribution in [0.3, 0.4) is 0 Å². The quantitative estimate of drug-likeness (QED) is 0.121. The number of amides is 1. The van der Waals surface area contributed by atoms with Crippen LogP contribution in [0, 0.1) is 6.92 Å². The smallest absolute Gasteiger partial charge is 0.358 e. The Morgan fingerprint density at radius 2 is 1.63 bits per heavy atom. The fourth-order valence-corrected chi connectivity index (χ4v) is 7.87. The molecule has 10 nitrogen and oxygen atoms in total. The number of ether oxygens (including phenoxy) is 3. The molecule has 0 radical (unpaired) electrons. The van der Waals surface area contributed by atoms with Crippen molar-refractivity contribution in [3.63, 3.8) is 0 Å². The summed E-state index contributed by atoms with van der Waals surface area (Å²) in [5.41, 5.74) is 6.07. The molecule has 7 rings (SSSR count). The highest BCUT2D eigenvalue weighted by Gasteiger charge is 2.28. The highest BCUT2D eigenvalue weighted by Crippen LogP contribution is 2.37. The summed E-state index contributed by atoms with van der Waals surface area (Å²) in [6.07, 6.45) is 2.32. The summed E-state index contributed by atoms with van der Waals surface area (Å²) in [6, 6.07) is 31.0. The second-order valence-corrected chi connectivity index (χ2v) is 16.0. The van der Waals surface area contributed by atoms with E-state index in [2.05, 4.69) is 21.3 Å². The number of nitrogens with zero attached hydrogens (tertiary/aromatic N) is 3. The van der Waals surface area contributed by atoms with Crippen LogP contribution in [0.4, 0.5) is 10.9 Å². The molecule has 1 amide bonds. The first kappa shape index (κ1) is 39.2. The second-order valence-electron chi connectivity index (χ2n) is 14.9. The number of esters is 2. The van der Waals surface area contributed by atoms with Crippen LogP contribution in [-0.2, 0) is 33.7 Å². The first-order chi connectivity index (χ1) is 27.5. The number of carbonyl (C=O) groups is 3. The van der Waals surface area contributed by atoms with Crippen molar-refractivity contribution in [3.05, 3.63) is 131 Å². The van der Waals surface area contributed by atoms with Gasteiger partial charge in [-0.1, -0.05) is 65.9 Å². The van der Waals surface area contributed by atoms with Crippen LogP contribution in [0.1, 0.15) is 83.6 Å². The molecule has 3 heterocycles. The molecule has 0 saturated carbocycles. The minimum absolute atomic E-state index is 0.190. The first-order valence-corrected chi connectivity index (χ1v) is 20.1. The van der Waals surface area contributed by atoms with Crippen molar-refractivity contribution >= 4 is 50.3 Å². The van der Waals surface area contributed by atoms with Gasteiger partial charge in [-0.2, -0.15) is 0 Å². The van der Waals surface area contributed by atoms with Crippen molar-refractivity contribution in [2.24, 2.45) is 0 Å². The molecule has 0 saturated heterocycles. The van der Waals surface area contributed by atoms with Gasteiger partial charge in [0, 0.05) is 30.6 Å². The Morgan fingerprint density at radius 3 is 2.44 bits per heavy atom. The third-order valence-corrected chi connectivity index (χ3v) is 10.7. The number of thiazole rings is 1. The summed E-state index contributed by atoms with van der Waals surface area (Å²) in [5.74, 6) is 0.967. The zero-order valence-corrected chi connectivity index (χ0v) is 33.7. The Morgan fingerprint density at radius 1 is 0.860 bits per heavy atom. The van der Waals surface area contributed by atoms with E-state index in [1.807, 2.05) is 119 Å². The maximum absolute atomic E-state index is 14.0. The van der Waals surface area contributed by atoms with Gasteiger partial charge in [0.05, 0.1) is 16.8 Å². The number of fused-ring (bicyclic) bond motifs is 2. The number of anilines is 2. The van der Waals surface area contributed by atoms with E-state index < -0.39 is 11.6 Å². The molecule has 0 aliphatic carbocycles. The lowest BCUT2D eigenvalue weighted by Gasteiger charge is -2.31. The van der Waals surface area contributed by atoms with Gasteiger partial charge < -0.3 is 19.1 Å². The zero-order chi connectivity index (χ0) is 40.1. The summed E-state index contributed by atoms with van der Waals surface area (Å²) in [7, 11) is 0. The lowest BCUT2D eigenvalue weighted by molar-refractivity contribution is -0.143. The predicted octanol–water partition coefficient (Wildman–Crippen LogP) is 10.1. The fraction of sp³-hybridized carbons (Fsp3) is 0.283. The maximum atomic E-state index is 14.0. The zero-order valence-electron chi connectivity index (χ0n) is 32.9. The number of pyridine rings is 1. The van der Waals surface area contributed by atoms with Crippen molar-refractivity contribution in [1.82, 2.24) is 9.97 Å². The molecule has 2 aromatic heterocycles. The molecule has 6 aromatic rings. The number of benzene rings is 4. The minimum atomic E-state index is -0.751. The molecule has 0 unspecified atom stereocenters. The van der Waals surface area contributed by atoms with E-state index in [1.54, 1.807) is 6.92 Å². The van der Waals surface area contributed by atoms with E-state index in [0.717, 1.165) is 38.0 Å². The standard InChI is InChI=1S/C46H46N4O6S/c1-6-54-41(51)23-12-16-31-14-7-9-20-38(31)55-37-21-13-17-32(29(37)2)33-24-25-40(48-42(33)44(53)56-46(3,4)5)50-27-26-30-15-11-18-34(35(30)28-50)43(52)49-45-47-36-19-8-10-22-39(36)57-45/h7-11,13-15,17-22,24-25H,6,12,16,23,26-28H2,1-5H3,(H,47,49,52). The van der Waals surface area contributed by atoms with Crippen LogP contribution in [-0.4, -0.2) is 46.6 Å². The largest absolute Gasteiger partial charge is 0.466 e. The van der Waals surface area contributed by atoms with Crippen LogP contribution in [0.15, 0.2) is 97.1 Å². The Kier molecular flexibility index (Phi) is 11.7. The average Bonchev–Trinajstić information content (AvgIpc) is 3.60. The highest BCUT2D eigenvalue weighted by atomic mass is 32.1. The van der Waals surface area contributed by atoms with Gasteiger partial charge in [0.2, 0.25) is 0 Å². The Bertz CT molecular complexity index is 2420. The topological polar surface area (TPSA) is 120 Å². The summed E-state index contributed by atoms with van der Waals surface area (Å²) in [4.78, 5) is 51.3. The average molecular weight is 783 g/mol. The number of aromatic nitrogens is 2. The molecule has 1 N–H and O–H groups in total. The van der Waals surface area contributed by atoms with Gasteiger partial charge in [-0.05, 0) is 124 Å². The molecule has 0 spiro atoms. The third-order valence-electron chi connectivity index (χ3n) is 9.73. The molecule has 0 fully saturated rings. The summed E-state index contributed by atoms with van der Waals surface area (Å²) in [6.45, 7) is 10.7. The van der Waals surface area contributed by atoms with E-state index in [9.17, 15) is 14.4 Å². The third kappa shape index (κ3) is 9.16. The van der Waals surface area contributed by atoms with Gasteiger partial charge in [-0.15, -0.1) is 0 Å². The predicted molar refractivity (Wildman–Crippen MR) is 224 cm³/mol. The van der Waals surface area contributed by atoms with Crippen LogP contribution < -0.4 is 15.0 Å². The SMILES string of the molecule is CCOC(=O)CCCc1ccccc1Oc1cccc(-c2ccc(N3CCc4cccc(C(=O)Nc5nc6ccccc6s5)c4C3)nc2C(=O)OC(C)(C)C)c1C. The second kappa shape index (κ2) is 17.0. The van der Waals surface area contributed by atoms with Crippen molar-refractivity contribution in [1.29, 1.82) is 0 Å². The van der Waals surface area contributed by atoms with Gasteiger partial charge in [-0.3, -0.25) is 14.9 Å². The number of aryl methyl sites for hydroxylation is 1. The number of nitrogens with one attached hydrogen (secondary N) is 1. The molecular weight excluding hydrogens is 737 g/mol. The van der Waals surface area contributed by atoms with Crippen LogP contribution in [0.25, 0.3) is 21.3 Å². The van der Waals surface area contributed by atoms with Gasteiger partial charge >= 0.3 is 11.9 Å². The molecule has 0 atom stereocenters. The van der Waals surface area contributed by atoms with E-state index in [-0.39, 0.29) is 17.6 Å². The monoisotopic (exact) mass is 782 g/mol. The van der Waals surface area contributed by atoms with E-state index in [4.69, 9.17) is 19.2 Å². The van der Waals surface area contributed by atoms with Crippen molar-refractivity contribution < 1.29 is 28.6 Å². The molecule has 1 aliphatic heterocycles. The van der Waals surface area contributed by atoms with E-state index in [1.165, 1.54) is 11.3 Å². The van der Waals surface area contributed by atoms with Gasteiger partial charge in [0.15, 0.2) is 10.8 Å². The number of hydrogen-bond acceptors (Lipinski definition) is 10. The number of hydrogen-bond donors (Lipinski definition) is 1. The van der Waals surface area contributed by atoms with Crippen LogP contribution >= 0.6 is 11.3 Å². The molecule has 11 heteroatoms. The van der Waals surface area contributed by atoms with Crippen molar-refractivity contribution in [3.8, 4) is 22.6 Å². The molecule has 1 aliphatic rings. The number of carbonyl (C=O) groups excluding carboxylic acids is 3. The fourth-order valence-electron chi connectivity index (χ4n) is 7.01. The van der Waals surface area contributed by atoms with Gasteiger partial charge in [-0.25, -0.2) is 14.8 Å². The lowest BCUT2D eigenvalue weighted by atomic mass is 9.94. The Balaban J connectivity index is 1.17. The Labute approximate surface area is 336 Å². The molecule has 57 heavy (non-hydrogen) atoms. The maximum Gasteiger partial charge on any atom is 0.358 e. The summed E-state index contributed by atoms with van der Waals surface area (Å²) in [5, 5.41) is 3.56. The van der Waals surface area contributed by atoms with Crippen LogP contribution in [0.5, 0.6) is 11.5 Å². The molecule has 292 valence electrons. The lowest BCUT2D eigenvalue weighted by Crippen LogP contribution is -2.33.